The van der Waals surface area contributed by atoms with Gasteiger partial charge in [0.1, 0.15) is 5.82 Å². The zero-order valence-corrected chi connectivity index (χ0v) is 11.5. The maximum absolute atomic E-state index is 13.0. The molecule has 1 aromatic carbocycles. The lowest BCUT2D eigenvalue weighted by molar-refractivity contribution is -0.123. The van der Waals surface area contributed by atoms with Crippen molar-refractivity contribution < 1.29 is 22.8 Å². The normalized spacial score (nSPS) is 12.8. The van der Waals surface area contributed by atoms with Crippen molar-refractivity contribution in [3.63, 3.8) is 0 Å². The molecule has 1 aromatic rings. The summed E-state index contributed by atoms with van der Waals surface area (Å²) < 4.78 is 38.8. The lowest BCUT2D eigenvalue weighted by Gasteiger charge is -2.16. The van der Waals surface area contributed by atoms with Crippen molar-refractivity contribution in [2.24, 2.45) is 11.7 Å². The van der Waals surface area contributed by atoms with Gasteiger partial charge in [0.05, 0.1) is 13.1 Å². The van der Waals surface area contributed by atoms with Crippen LogP contribution in [0.2, 0.25) is 0 Å². The summed E-state index contributed by atoms with van der Waals surface area (Å²) in [5.41, 5.74) is 4.98. The van der Waals surface area contributed by atoms with Gasteiger partial charge in [-0.3, -0.25) is 9.59 Å². The van der Waals surface area contributed by atoms with E-state index in [1.807, 2.05) is 5.32 Å². The lowest BCUT2D eigenvalue weighted by atomic mass is 9.96. The van der Waals surface area contributed by atoms with Crippen LogP contribution in [0.1, 0.15) is 23.7 Å². The first-order valence-electron chi connectivity index (χ1n) is 6.39. The highest BCUT2D eigenvalue weighted by molar-refractivity contribution is 5.99. The lowest BCUT2D eigenvalue weighted by Crippen LogP contribution is -2.42. The van der Waals surface area contributed by atoms with Crippen LogP contribution in [0.3, 0.4) is 0 Å². The fourth-order valence-electron chi connectivity index (χ4n) is 1.67. The van der Waals surface area contributed by atoms with Crippen LogP contribution >= 0.6 is 0 Å². The SMILES string of the molecule is CC(CC(=O)NCC(F)(F)CN)C(=O)c1cccc(F)c1. The Morgan fingerprint density at radius 3 is 2.62 bits per heavy atom. The number of rotatable bonds is 7. The molecule has 116 valence electrons. The number of benzene rings is 1. The number of nitrogens with two attached hydrogens (primary N) is 1. The third-order valence-electron chi connectivity index (χ3n) is 2.89. The second kappa shape index (κ2) is 7.21. The van der Waals surface area contributed by atoms with Gasteiger partial charge in [0.2, 0.25) is 5.91 Å². The quantitative estimate of drug-likeness (QED) is 0.754. The van der Waals surface area contributed by atoms with E-state index in [0.29, 0.717) is 0 Å². The van der Waals surface area contributed by atoms with E-state index in [2.05, 4.69) is 0 Å². The van der Waals surface area contributed by atoms with Gasteiger partial charge in [-0.2, -0.15) is 0 Å². The average molecular weight is 302 g/mol. The van der Waals surface area contributed by atoms with Crippen molar-refractivity contribution >= 4 is 11.7 Å². The Morgan fingerprint density at radius 1 is 1.38 bits per heavy atom. The maximum atomic E-state index is 13.0. The summed E-state index contributed by atoms with van der Waals surface area (Å²) in [5.74, 6) is -5.57. The van der Waals surface area contributed by atoms with E-state index in [4.69, 9.17) is 5.73 Å². The summed E-state index contributed by atoms with van der Waals surface area (Å²) in [5, 5.41) is 2.03. The number of Topliss-reactive ketones (excluding diaryl/α,β-unsaturated/α-hetero) is 1. The van der Waals surface area contributed by atoms with Gasteiger partial charge in [-0.05, 0) is 12.1 Å². The zero-order chi connectivity index (χ0) is 16.0. The minimum Gasteiger partial charge on any atom is -0.350 e. The van der Waals surface area contributed by atoms with Crippen LogP contribution < -0.4 is 11.1 Å². The fraction of sp³-hybridized carbons (Fsp3) is 0.429. The Balaban J connectivity index is 2.54. The van der Waals surface area contributed by atoms with Gasteiger partial charge < -0.3 is 11.1 Å². The zero-order valence-electron chi connectivity index (χ0n) is 11.5. The molecule has 0 saturated heterocycles. The van der Waals surface area contributed by atoms with Crippen molar-refractivity contribution in [3.05, 3.63) is 35.6 Å². The molecular weight excluding hydrogens is 285 g/mol. The molecule has 0 aromatic heterocycles. The maximum Gasteiger partial charge on any atom is 0.277 e. The molecule has 1 rings (SSSR count). The summed E-state index contributed by atoms with van der Waals surface area (Å²) in [7, 11) is 0. The van der Waals surface area contributed by atoms with Gasteiger partial charge in [-0.25, -0.2) is 13.2 Å². The number of carbonyl (C=O) groups is 2. The summed E-state index contributed by atoms with van der Waals surface area (Å²) >= 11 is 0. The first kappa shape index (κ1) is 17.2. The summed E-state index contributed by atoms with van der Waals surface area (Å²) in [6, 6.07) is 5.09. The van der Waals surface area contributed by atoms with E-state index >= 15 is 0 Å². The van der Waals surface area contributed by atoms with Crippen LogP contribution in [0.5, 0.6) is 0 Å². The molecule has 0 fully saturated rings. The van der Waals surface area contributed by atoms with Gasteiger partial charge in [-0.1, -0.05) is 19.1 Å². The third-order valence-corrected chi connectivity index (χ3v) is 2.89. The number of carbonyl (C=O) groups excluding carboxylic acids is 2. The Kier molecular flexibility index (Phi) is 5.90. The van der Waals surface area contributed by atoms with Gasteiger partial charge in [0.15, 0.2) is 5.78 Å². The first-order valence-corrected chi connectivity index (χ1v) is 6.39. The summed E-state index contributed by atoms with van der Waals surface area (Å²) in [4.78, 5) is 23.5. The predicted octanol–water partition coefficient (Wildman–Crippen LogP) is 1.74. The number of amides is 1. The molecule has 1 atom stereocenters. The van der Waals surface area contributed by atoms with E-state index in [9.17, 15) is 22.8 Å². The molecule has 0 aliphatic rings. The predicted molar refractivity (Wildman–Crippen MR) is 71.5 cm³/mol. The first-order chi connectivity index (χ1) is 9.75. The molecule has 0 aliphatic heterocycles. The van der Waals surface area contributed by atoms with E-state index in [1.54, 1.807) is 0 Å². The van der Waals surface area contributed by atoms with E-state index in [0.717, 1.165) is 6.07 Å². The largest absolute Gasteiger partial charge is 0.350 e. The molecular formula is C14H17F3N2O2. The smallest absolute Gasteiger partial charge is 0.277 e. The average Bonchev–Trinajstić information content (AvgIpc) is 2.44. The number of hydrogen-bond acceptors (Lipinski definition) is 3. The monoisotopic (exact) mass is 302 g/mol. The van der Waals surface area contributed by atoms with Crippen LogP contribution in [0.4, 0.5) is 13.2 Å². The Morgan fingerprint density at radius 2 is 2.05 bits per heavy atom. The highest BCUT2D eigenvalue weighted by Crippen LogP contribution is 2.14. The molecule has 0 spiro atoms. The summed E-state index contributed by atoms with van der Waals surface area (Å²) in [6.45, 7) is -0.262. The molecule has 3 N–H and O–H groups in total. The highest BCUT2D eigenvalue weighted by Gasteiger charge is 2.28. The van der Waals surface area contributed by atoms with Gasteiger partial charge in [0.25, 0.3) is 5.92 Å². The topological polar surface area (TPSA) is 72.2 Å². The third kappa shape index (κ3) is 5.55. The molecule has 1 unspecified atom stereocenters. The number of ketones is 1. The van der Waals surface area contributed by atoms with Crippen molar-refractivity contribution in [1.82, 2.24) is 5.32 Å². The Labute approximate surface area is 120 Å². The molecule has 21 heavy (non-hydrogen) atoms. The van der Waals surface area contributed by atoms with Crippen LogP contribution in [-0.4, -0.2) is 30.7 Å². The molecule has 0 saturated carbocycles. The number of alkyl halides is 2. The van der Waals surface area contributed by atoms with Crippen molar-refractivity contribution in [2.45, 2.75) is 19.3 Å². The van der Waals surface area contributed by atoms with E-state index < -0.39 is 42.4 Å². The summed E-state index contributed by atoms with van der Waals surface area (Å²) in [6.07, 6.45) is -0.254. The van der Waals surface area contributed by atoms with Crippen molar-refractivity contribution in [1.29, 1.82) is 0 Å². The van der Waals surface area contributed by atoms with Crippen LogP contribution in [0, 0.1) is 11.7 Å². The number of hydrogen-bond donors (Lipinski definition) is 2. The second-order valence-corrected chi connectivity index (χ2v) is 4.82. The molecule has 0 bridgehead atoms. The Hall–Kier alpha value is -1.89. The second-order valence-electron chi connectivity index (χ2n) is 4.82. The fourth-order valence-corrected chi connectivity index (χ4v) is 1.67. The molecule has 0 heterocycles. The standard InChI is InChI=1S/C14H17F3N2O2/c1-9(5-12(20)19-8-14(16,17)7-18)13(21)10-3-2-4-11(15)6-10/h2-4,6,9H,5,7-8,18H2,1H3,(H,19,20). The number of halogens is 3. The van der Waals surface area contributed by atoms with Crippen LogP contribution in [0.15, 0.2) is 24.3 Å². The Bertz CT molecular complexity index is 521. The van der Waals surface area contributed by atoms with Crippen LogP contribution in [-0.2, 0) is 4.79 Å². The molecule has 4 nitrogen and oxygen atoms in total. The van der Waals surface area contributed by atoms with E-state index in [-0.39, 0.29) is 12.0 Å². The van der Waals surface area contributed by atoms with Crippen LogP contribution in [0.25, 0.3) is 0 Å². The van der Waals surface area contributed by atoms with Gasteiger partial charge in [0, 0.05) is 17.9 Å². The minimum absolute atomic E-state index is 0.141. The molecule has 0 radical (unpaired) electrons. The molecule has 1 amide bonds. The molecule has 7 heteroatoms. The minimum atomic E-state index is -3.18. The van der Waals surface area contributed by atoms with E-state index in [1.165, 1.54) is 25.1 Å². The van der Waals surface area contributed by atoms with Crippen molar-refractivity contribution in [3.8, 4) is 0 Å². The van der Waals surface area contributed by atoms with Gasteiger partial charge >= 0.3 is 0 Å². The highest BCUT2D eigenvalue weighted by atomic mass is 19.3. The molecule has 0 aliphatic carbocycles. The number of nitrogens with one attached hydrogen (secondary N) is 1. The van der Waals surface area contributed by atoms with Crippen molar-refractivity contribution in [2.75, 3.05) is 13.1 Å². The van der Waals surface area contributed by atoms with Gasteiger partial charge in [-0.15, -0.1) is 0 Å².